The summed E-state index contributed by atoms with van der Waals surface area (Å²) in [6.07, 6.45) is 2.53. The molecule has 0 aliphatic heterocycles. The molecule has 0 fully saturated rings. The normalized spacial score (nSPS) is 12.2. The lowest BCUT2D eigenvalue weighted by molar-refractivity contribution is 0.0920. The van der Waals surface area contributed by atoms with Gasteiger partial charge in [0, 0.05) is 37.2 Å². The van der Waals surface area contributed by atoms with Crippen LogP contribution >= 0.6 is 11.3 Å². The van der Waals surface area contributed by atoms with Crippen LogP contribution in [-0.2, 0) is 14.6 Å². The molecular weight excluding hydrogens is 526 g/mol. The Hall–Kier alpha value is -3.67. The van der Waals surface area contributed by atoms with Gasteiger partial charge in [-0.1, -0.05) is 0 Å². The summed E-state index contributed by atoms with van der Waals surface area (Å²) < 4.78 is 40.9. The maximum absolute atomic E-state index is 12.1. The molecule has 0 spiro atoms. The quantitative estimate of drug-likeness (QED) is 0.262. The van der Waals surface area contributed by atoms with Gasteiger partial charge in [-0.05, 0) is 62.4 Å². The van der Waals surface area contributed by atoms with Crippen LogP contribution < -0.4 is 14.8 Å². The van der Waals surface area contributed by atoms with Gasteiger partial charge in [0.25, 0.3) is 5.91 Å². The molecule has 38 heavy (non-hydrogen) atoms. The predicted octanol–water partition coefficient (Wildman–Crippen LogP) is 5.16. The Balaban J connectivity index is 1.63. The number of carbonyl (C=O) groups is 1. The lowest BCUT2D eigenvalue weighted by Crippen LogP contribution is -2.21. The van der Waals surface area contributed by atoms with Crippen LogP contribution in [0.1, 0.15) is 23.5 Å². The van der Waals surface area contributed by atoms with Crippen molar-refractivity contribution in [2.75, 3.05) is 26.5 Å². The van der Waals surface area contributed by atoms with Crippen LogP contribution in [0, 0.1) is 0 Å². The summed E-state index contributed by atoms with van der Waals surface area (Å²) in [5.41, 5.74) is 2.39. The number of H-pyrrole nitrogens is 1. The van der Waals surface area contributed by atoms with E-state index in [9.17, 15) is 13.2 Å². The SMILES string of the molecule is CCNC(=O)c1cnc(-c2ccc(-c3cc(Oc4ccc(S(C)(=O)=O)cc4)cc(O[C@@H](C)COC)c3)[nH]2)s1. The Bertz CT molecular complexity index is 1510. The zero-order valence-electron chi connectivity index (χ0n) is 21.5. The number of hydrogen-bond acceptors (Lipinski definition) is 8. The molecule has 2 aromatic heterocycles. The molecule has 0 saturated heterocycles. The Morgan fingerprint density at radius 3 is 2.45 bits per heavy atom. The first kappa shape index (κ1) is 27.4. The van der Waals surface area contributed by atoms with E-state index in [-0.39, 0.29) is 16.9 Å². The summed E-state index contributed by atoms with van der Waals surface area (Å²) >= 11 is 1.31. The number of amides is 1. The molecule has 0 aliphatic carbocycles. The van der Waals surface area contributed by atoms with E-state index in [4.69, 9.17) is 14.2 Å². The van der Waals surface area contributed by atoms with E-state index >= 15 is 0 Å². The van der Waals surface area contributed by atoms with Gasteiger partial charge in [-0.2, -0.15) is 0 Å². The predicted molar refractivity (Wildman–Crippen MR) is 147 cm³/mol. The Morgan fingerprint density at radius 2 is 1.76 bits per heavy atom. The number of nitrogens with zero attached hydrogens (tertiary/aromatic N) is 1. The molecule has 4 aromatic rings. The lowest BCUT2D eigenvalue weighted by atomic mass is 10.1. The molecule has 4 rings (SSSR count). The first-order valence-electron chi connectivity index (χ1n) is 11.9. The minimum atomic E-state index is -3.31. The van der Waals surface area contributed by atoms with Crippen molar-refractivity contribution in [1.29, 1.82) is 0 Å². The van der Waals surface area contributed by atoms with Gasteiger partial charge in [0.2, 0.25) is 0 Å². The zero-order chi connectivity index (χ0) is 27.3. The van der Waals surface area contributed by atoms with E-state index in [0.717, 1.165) is 23.2 Å². The van der Waals surface area contributed by atoms with Gasteiger partial charge < -0.3 is 24.5 Å². The van der Waals surface area contributed by atoms with Gasteiger partial charge in [-0.3, -0.25) is 4.79 Å². The second kappa shape index (κ2) is 11.8. The molecule has 2 aromatic carbocycles. The number of thiazole rings is 1. The topological polar surface area (TPSA) is 120 Å². The number of ether oxygens (including phenoxy) is 3. The van der Waals surface area contributed by atoms with Crippen molar-refractivity contribution >= 4 is 27.1 Å². The summed E-state index contributed by atoms with van der Waals surface area (Å²) in [7, 11) is -1.69. The van der Waals surface area contributed by atoms with Gasteiger partial charge in [-0.15, -0.1) is 11.3 Å². The van der Waals surface area contributed by atoms with Gasteiger partial charge >= 0.3 is 0 Å². The maximum Gasteiger partial charge on any atom is 0.263 e. The molecule has 0 radical (unpaired) electrons. The van der Waals surface area contributed by atoms with E-state index in [2.05, 4.69) is 15.3 Å². The summed E-state index contributed by atoms with van der Waals surface area (Å²) in [5.74, 6) is 1.43. The number of sulfone groups is 1. The number of aromatic nitrogens is 2. The van der Waals surface area contributed by atoms with Gasteiger partial charge in [0.15, 0.2) is 9.84 Å². The maximum atomic E-state index is 12.1. The molecule has 2 heterocycles. The molecule has 9 nitrogen and oxygen atoms in total. The van der Waals surface area contributed by atoms with Crippen LogP contribution in [0.15, 0.2) is 65.7 Å². The fraction of sp³-hybridized carbons (Fsp3) is 0.259. The third-order valence-electron chi connectivity index (χ3n) is 5.40. The van der Waals surface area contributed by atoms with Crippen LogP contribution in [0.4, 0.5) is 0 Å². The Morgan fingerprint density at radius 1 is 1.05 bits per heavy atom. The van der Waals surface area contributed by atoms with Gasteiger partial charge in [-0.25, -0.2) is 13.4 Å². The fourth-order valence-corrected chi connectivity index (χ4v) is 5.13. The van der Waals surface area contributed by atoms with E-state index in [1.54, 1.807) is 31.5 Å². The molecule has 11 heteroatoms. The molecule has 0 bridgehead atoms. The van der Waals surface area contributed by atoms with Crippen molar-refractivity contribution < 1.29 is 27.4 Å². The van der Waals surface area contributed by atoms with Gasteiger partial charge in [0.1, 0.15) is 33.2 Å². The van der Waals surface area contributed by atoms with E-state index in [1.165, 1.54) is 23.5 Å². The number of aromatic amines is 1. The standard InChI is InChI=1S/C27H29N3O6S2/c1-5-28-26(31)25-15-29-27(37-25)24-11-10-23(30-24)18-12-20(35-17(2)16-34-3)14-21(13-18)36-19-6-8-22(9-7-19)38(4,32)33/h6-15,17,30H,5,16H2,1-4H3,(H,28,31)/t17-/m0/s1. The zero-order valence-corrected chi connectivity index (χ0v) is 23.1. The highest BCUT2D eigenvalue weighted by atomic mass is 32.2. The smallest absolute Gasteiger partial charge is 0.263 e. The fourth-order valence-electron chi connectivity index (χ4n) is 3.69. The van der Waals surface area contributed by atoms with Crippen LogP contribution in [0.25, 0.3) is 22.0 Å². The number of rotatable bonds is 11. The number of methoxy groups -OCH3 is 1. The molecular formula is C27H29N3O6S2. The van der Waals surface area contributed by atoms with Crippen molar-refractivity contribution in [3.63, 3.8) is 0 Å². The highest BCUT2D eigenvalue weighted by Gasteiger charge is 2.15. The molecule has 0 unspecified atom stereocenters. The average Bonchev–Trinajstić information content (AvgIpc) is 3.54. The van der Waals surface area contributed by atoms with Crippen LogP contribution in [-0.4, -0.2) is 56.9 Å². The second-order valence-electron chi connectivity index (χ2n) is 8.60. The molecule has 2 N–H and O–H groups in total. The van der Waals surface area contributed by atoms with Crippen molar-refractivity contribution in [2.45, 2.75) is 24.8 Å². The molecule has 1 amide bonds. The molecule has 200 valence electrons. The minimum absolute atomic E-state index is 0.149. The highest BCUT2D eigenvalue weighted by Crippen LogP contribution is 2.34. The molecule has 0 aliphatic rings. The molecule has 0 saturated carbocycles. The third-order valence-corrected chi connectivity index (χ3v) is 7.56. The summed E-state index contributed by atoms with van der Waals surface area (Å²) in [4.78, 5) is 20.6. The van der Waals surface area contributed by atoms with Crippen molar-refractivity contribution in [3.8, 4) is 39.2 Å². The lowest BCUT2D eigenvalue weighted by Gasteiger charge is -2.16. The summed E-state index contributed by atoms with van der Waals surface area (Å²) in [6, 6.07) is 15.6. The minimum Gasteiger partial charge on any atom is -0.488 e. The Labute approximate surface area is 225 Å². The largest absolute Gasteiger partial charge is 0.488 e. The number of carbonyl (C=O) groups excluding carboxylic acids is 1. The second-order valence-corrected chi connectivity index (χ2v) is 11.6. The summed E-state index contributed by atoms with van der Waals surface area (Å²) in [6.45, 7) is 4.74. The van der Waals surface area contributed by atoms with Crippen LogP contribution in [0.3, 0.4) is 0 Å². The highest BCUT2D eigenvalue weighted by molar-refractivity contribution is 7.90. The van der Waals surface area contributed by atoms with Crippen LogP contribution in [0.5, 0.6) is 17.2 Å². The average molecular weight is 556 g/mol. The number of nitrogens with one attached hydrogen (secondary N) is 2. The van der Waals surface area contributed by atoms with E-state index in [1.807, 2.05) is 38.1 Å². The number of benzene rings is 2. The monoisotopic (exact) mass is 555 g/mol. The first-order chi connectivity index (χ1) is 18.2. The van der Waals surface area contributed by atoms with E-state index < -0.39 is 9.84 Å². The first-order valence-corrected chi connectivity index (χ1v) is 14.6. The van der Waals surface area contributed by atoms with E-state index in [0.29, 0.717) is 40.3 Å². The van der Waals surface area contributed by atoms with Crippen LogP contribution in [0.2, 0.25) is 0 Å². The number of hydrogen-bond donors (Lipinski definition) is 2. The van der Waals surface area contributed by atoms with Gasteiger partial charge in [0.05, 0.1) is 23.4 Å². The molecule has 1 atom stereocenters. The van der Waals surface area contributed by atoms with Crippen molar-refractivity contribution in [1.82, 2.24) is 15.3 Å². The van der Waals surface area contributed by atoms with Crippen molar-refractivity contribution in [2.24, 2.45) is 0 Å². The summed E-state index contributed by atoms with van der Waals surface area (Å²) in [5, 5.41) is 3.48. The third kappa shape index (κ3) is 6.80. The Kier molecular flexibility index (Phi) is 8.50. The van der Waals surface area contributed by atoms with Crippen molar-refractivity contribution in [3.05, 3.63) is 65.7 Å².